The Morgan fingerprint density at radius 1 is 1.06 bits per heavy atom. The third-order valence-electron chi connectivity index (χ3n) is 6.51. The van der Waals surface area contributed by atoms with Gasteiger partial charge in [-0.2, -0.15) is 13.2 Å². The molecule has 1 aliphatic rings. The van der Waals surface area contributed by atoms with Crippen LogP contribution in [0.15, 0.2) is 54.6 Å². The number of fused-ring (bicyclic) bond motifs is 1. The van der Waals surface area contributed by atoms with Crippen LogP contribution in [0.5, 0.6) is 11.5 Å². The lowest BCUT2D eigenvalue weighted by atomic mass is 9.97. The van der Waals surface area contributed by atoms with Gasteiger partial charge in [0.15, 0.2) is 0 Å². The van der Waals surface area contributed by atoms with Gasteiger partial charge >= 0.3 is 12.1 Å². The molecular weight excluding hydrogens is 475 g/mol. The number of methoxy groups -OCH3 is 1. The van der Waals surface area contributed by atoms with Crippen LogP contribution in [0, 0.1) is 5.92 Å². The summed E-state index contributed by atoms with van der Waals surface area (Å²) in [7, 11) is 1.53. The molecule has 36 heavy (non-hydrogen) atoms. The summed E-state index contributed by atoms with van der Waals surface area (Å²) < 4.78 is 49.9. The van der Waals surface area contributed by atoms with E-state index in [2.05, 4.69) is 5.32 Å². The van der Waals surface area contributed by atoms with Crippen LogP contribution in [0.2, 0.25) is 0 Å². The van der Waals surface area contributed by atoms with Gasteiger partial charge < -0.3 is 19.9 Å². The molecule has 0 heterocycles. The molecule has 0 bridgehead atoms. The quantitative estimate of drug-likeness (QED) is 0.406. The Bertz CT molecular complexity index is 1250. The summed E-state index contributed by atoms with van der Waals surface area (Å²) in [5.41, 5.74) is -0.145. The summed E-state index contributed by atoms with van der Waals surface area (Å²) in [6.45, 7) is -0.0887. The number of hydrogen-bond donors (Lipinski definition) is 2. The standard InChI is InChI=1S/C27H26F3NO5/c1-35-20-11-13-21-18(14-20)8-12-22(25(32)31-23(26(33)34)17-4-2-3-5-17)24(21)36-15-16-6-9-19(10-7-16)27(28,29)30/h6-14,17,23H,2-5,15H2,1H3,(H,31,32)(H,33,34). The Labute approximate surface area is 206 Å². The topological polar surface area (TPSA) is 84.9 Å². The molecule has 6 nitrogen and oxygen atoms in total. The normalized spacial score (nSPS) is 15.0. The number of aliphatic carboxylic acids is 1. The molecule has 0 spiro atoms. The zero-order valence-corrected chi connectivity index (χ0v) is 19.6. The predicted molar refractivity (Wildman–Crippen MR) is 127 cm³/mol. The van der Waals surface area contributed by atoms with Crippen LogP contribution < -0.4 is 14.8 Å². The number of nitrogens with one attached hydrogen (secondary N) is 1. The van der Waals surface area contributed by atoms with Crippen LogP contribution in [-0.4, -0.2) is 30.1 Å². The summed E-state index contributed by atoms with van der Waals surface area (Å²) in [5, 5.41) is 13.7. The van der Waals surface area contributed by atoms with Crippen LogP contribution in [-0.2, 0) is 17.6 Å². The average Bonchev–Trinajstić information content (AvgIpc) is 3.39. The lowest BCUT2D eigenvalue weighted by Gasteiger charge is -2.22. The minimum atomic E-state index is -4.45. The van der Waals surface area contributed by atoms with Gasteiger partial charge in [0.1, 0.15) is 24.1 Å². The van der Waals surface area contributed by atoms with Gasteiger partial charge in [0.05, 0.1) is 18.2 Å². The summed E-state index contributed by atoms with van der Waals surface area (Å²) in [6, 6.07) is 12.0. The van der Waals surface area contributed by atoms with E-state index >= 15 is 0 Å². The first-order valence-corrected chi connectivity index (χ1v) is 11.6. The molecule has 1 unspecified atom stereocenters. The van der Waals surface area contributed by atoms with Crippen LogP contribution in [0.1, 0.15) is 47.2 Å². The fourth-order valence-corrected chi connectivity index (χ4v) is 4.58. The molecule has 1 amide bonds. The van der Waals surface area contributed by atoms with Gasteiger partial charge in [0.2, 0.25) is 0 Å². The number of alkyl halides is 3. The molecule has 0 radical (unpaired) electrons. The maximum absolute atomic E-state index is 13.3. The van der Waals surface area contributed by atoms with E-state index in [9.17, 15) is 27.9 Å². The second kappa shape index (κ2) is 10.5. The molecule has 2 N–H and O–H groups in total. The monoisotopic (exact) mass is 501 g/mol. The van der Waals surface area contributed by atoms with Crippen molar-refractivity contribution in [1.82, 2.24) is 5.32 Å². The smallest absolute Gasteiger partial charge is 0.416 e. The number of halogens is 3. The number of hydrogen-bond acceptors (Lipinski definition) is 4. The molecule has 9 heteroatoms. The fourth-order valence-electron chi connectivity index (χ4n) is 4.58. The van der Waals surface area contributed by atoms with E-state index in [0.29, 0.717) is 16.7 Å². The van der Waals surface area contributed by atoms with E-state index in [1.54, 1.807) is 30.3 Å². The Kier molecular flexibility index (Phi) is 7.37. The Hall–Kier alpha value is -3.75. The lowest BCUT2D eigenvalue weighted by molar-refractivity contribution is -0.140. The molecule has 190 valence electrons. The van der Waals surface area contributed by atoms with E-state index in [1.807, 2.05) is 0 Å². The van der Waals surface area contributed by atoms with Crippen molar-refractivity contribution < 1.29 is 37.3 Å². The molecule has 1 aliphatic carbocycles. The molecule has 1 saturated carbocycles. The van der Waals surface area contributed by atoms with E-state index in [0.717, 1.165) is 43.2 Å². The van der Waals surface area contributed by atoms with Gasteiger partial charge in [-0.3, -0.25) is 4.79 Å². The molecule has 3 aromatic carbocycles. The highest BCUT2D eigenvalue weighted by atomic mass is 19.4. The zero-order chi connectivity index (χ0) is 25.9. The molecule has 1 atom stereocenters. The van der Waals surface area contributed by atoms with Crippen molar-refractivity contribution in [3.8, 4) is 11.5 Å². The number of carboxylic acids is 1. The van der Waals surface area contributed by atoms with E-state index in [4.69, 9.17) is 9.47 Å². The minimum Gasteiger partial charge on any atom is -0.497 e. The third kappa shape index (κ3) is 5.56. The molecule has 0 aromatic heterocycles. The van der Waals surface area contributed by atoms with Gasteiger partial charge in [-0.15, -0.1) is 0 Å². The minimum absolute atomic E-state index is 0.0887. The van der Waals surface area contributed by atoms with Crippen molar-refractivity contribution in [2.24, 2.45) is 5.92 Å². The number of benzene rings is 3. The first-order chi connectivity index (χ1) is 17.2. The predicted octanol–water partition coefficient (Wildman–Crippen LogP) is 5.82. The van der Waals surface area contributed by atoms with Crippen molar-refractivity contribution in [3.63, 3.8) is 0 Å². The molecular formula is C27H26F3NO5. The SMILES string of the molecule is COc1ccc2c(OCc3ccc(C(F)(F)F)cc3)c(C(=O)NC(C(=O)O)C3CCCC3)ccc2c1. The highest BCUT2D eigenvalue weighted by Gasteiger charge is 2.33. The van der Waals surface area contributed by atoms with Gasteiger partial charge in [0.25, 0.3) is 5.91 Å². The number of carboxylic acid groups (broad SMARTS) is 1. The molecule has 0 aliphatic heterocycles. The third-order valence-corrected chi connectivity index (χ3v) is 6.51. The molecule has 1 fully saturated rings. The fraction of sp³-hybridized carbons (Fsp3) is 0.333. The van der Waals surface area contributed by atoms with Crippen molar-refractivity contribution in [1.29, 1.82) is 0 Å². The second-order valence-corrected chi connectivity index (χ2v) is 8.85. The number of carbonyl (C=O) groups is 2. The number of rotatable bonds is 8. The van der Waals surface area contributed by atoms with Crippen LogP contribution >= 0.6 is 0 Å². The largest absolute Gasteiger partial charge is 0.497 e. The summed E-state index contributed by atoms with van der Waals surface area (Å²) in [5.74, 6) is -1.02. The van der Waals surface area contributed by atoms with Gasteiger partial charge in [-0.25, -0.2) is 4.79 Å². The number of carbonyl (C=O) groups excluding carboxylic acids is 1. The number of ether oxygens (including phenoxy) is 2. The number of amides is 1. The maximum Gasteiger partial charge on any atom is 0.416 e. The van der Waals surface area contributed by atoms with E-state index < -0.39 is 29.7 Å². The lowest BCUT2D eigenvalue weighted by Crippen LogP contribution is -2.45. The Morgan fingerprint density at radius 3 is 2.36 bits per heavy atom. The van der Waals surface area contributed by atoms with E-state index in [-0.39, 0.29) is 23.8 Å². The molecule has 4 rings (SSSR count). The summed E-state index contributed by atoms with van der Waals surface area (Å²) in [6.07, 6.45) is -1.15. The molecule has 3 aromatic rings. The summed E-state index contributed by atoms with van der Waals surface area (Å²) in [4.78, 5) is 25.2. The van der Waals surface area contributed by atoms with Crippen molar-refractivity contribution >= 4 is 22.6 Å². The van der Waals surface area contributed by atoms with Crippen LogP contribution in [0.4, 0.5) is 13.2 Å². The van der Waals surface area contributed by atoms with Crippen LogP contribution in [0.3, 0.4) is 0 Å². The highest BCUT2D eigenvalue weighted by molar-refractivity contribution is 6.05. The first kappa shape index (κ1) is 25.3. The maximum atomic E-state index is 13.3. The first-order valence-electron chi connectivity index (χ1n) is 11.6. The summed E-state index contributed by atoms with van der Waals surface area (Å²) >= 11 is 0. The second-order valence-electron chi connectivity index (χ2n) is 8.85. The van der Waals surface area contributed by atoms with Gasteiger partial charge in [-0.1, -0.05) is 31.0 Å². The average molecular weight is 502 g/mol. The van der Waals surface area contributed by atoms with Gasteiger partial charge in [0, 0.05) is 5.39 Å². The van der Waals surface area contributed by atoms with Crippen LogP contribution in [0.25, 0.3) is 10.8 Å². The zero-order valence-electron chi connectivity index (χ0n) is 19.6. The van der Waals surface area contributed by atoms with Crippen molar-refractivity contribution in [2.45, 2.75) is 44.5 Å². The van der Waals surface area contributed by atoms with Gasteiger partial charge in [-0.05, 0) is 66.1 Å². The van der Waals surface area contributed by atoms with E-state index in [1.165, 1.54) is 19.2 Å². The Morgan fingerprint density at radius 2 is 1.75 bits per heavy atom. The Balaban J connectivity index is 1.65. The highest BCUT2D eigenvalue weighted by Crippen LogP contribution is 2.34. The molecule has 0 saturated heterocycles. The van der Waals surface area contributed by atoms with Crippen molar-refractivity contribution in [3.05, 3.63) is 71.3 Å². The van der Waals surface area contributed by atoms with Crippen molar-refractivity contribution in [2.75, 3.05) is 7.11 Å².